The number of fused-ring (bicyclic) bond motifs is 1. The molecule has 2 aliphatic rings. The maximum Gasteiger partial charge on any atom is 0.0362 e. The molecule has 0 aliphatic carbocycles. The van der Waals surface area contributed by atoms with E-state index in [1.807, 2.05) is 6.07 Å². The first-order chi connectivity index (χ1) is 9.28. The van der Waals surface area contributed by atoms with Gasteiger partial charge in [0.25, 0.3) is 0 Å². The Hall–Kier alpha value is -1.06. The number of nitrogens with zero attached hydrogens (tertiary/aromatic N) is 2. The molecule has 0 atom stereocenters. The number of anilines is 1. The van der Waals surface area contributed by atoms with Gasteiger partial charge in [0.15, 0.2) is 0 Å². The van der Waals surface area contributed by atoms with E-state index in [0.717, 1.165) is 24.7 Å². The highest BCUT2D eigenvalue weighted by Gasteiger charge is 2.27. The Kier molecular flexibility index (Phi) is 3.76. The van der Waals surface area contributed by atoms with Crippen molar-refractivity contribution in [2.45, 2.75) is 38.8 Å². The summed E-state index contributed by atoms with van der Waals surface area (Å²) in [6.45, 7) is 8.23. The van der Waals surface area contributed by atoms with E-state index in [0.29, 0.717) is 0 Å². The molecule has 1 aromatic carbocycles. The van der Waals surface area contributed by atoms with Crippen LogP contribution in [0.25, 0.3) is 0 Å². The van der Waals surface area contributed by atoms with Gasteiger partial charge in [-0.2, -0.15) is 0 Å². The highest BCUT2D eigenvalue weighted by molar-refractivity contribution is 5.51. The molecular weight excluding hydrogens is 234 g/mol. The summed E-state index contributed by atoms with van der Waals surface area (Å²) < 4.78 is 0. The Labute approximate surface area is 116 Å². The largest absolute Gasteiger partial charge is 0.398 e. The van der Waals surface area contributed by atoms with Crippen LogP contribution in [0.15, 0.2) is 18.2 Å². The van der Waals surface area contributed by atoms with Gasteiger partial charge in [-0.15, -0.1) is 0 Å². The fourth-order valence-corrected chi connectivity index (χ4v) is 3.54. The van der Waals surface area contributed by atoms with Gasteiger partial charge in [-0.3, -0.25) is 4.90 Å². The molecule has 0 aromatic heterocycles. The summed E-state index contributed by atoms with van der Waals surface area (Å²) in [6, 6.07) is 7.13. The minimum atomic E-state index is 0.760. The number of rotatable bonds is 2. The number of nitrogen functional groups attached to an aromatic ring is 1. The number of benzene rings is 1. The topological polar surface area (TPSA) is 32.5 Å². The standard InChI is InChI=1S/C16H25N3/c1-2-18-9-7-14(8-10-18)19-11-6-13-4-3-5-16(17)15(13)12-19/h3-5,14H,2,6-12,17H2,1H3. The molecule has 1 fully saturated rings. The lowest BCUT2D eigenvalue weighted by molar-refractivity contribution is 0.101. The van der Waals surface area contributed by atoms with Crippen LogP contribution in [0.2, 0.25) is 0 Å². The van der Waals surface area contributed by atoms with Crippen LogP contribution >= 0.6 is 0 Å². The van der Waals surface area contributed by atoms with Crippen LogP contribution in [0.4, 0.5) is 5.69 Å². The minimum absolute atomic E-state index is 0.760. The number of nitrogens with two attached hydrogens (primary N) is 1. The molecule has 0 spiro atoms. The summed E-state index contributed by atoms with van der Waals surface area (Å²) >= 11 is 0. The molecule has 0 unspecified atom stereocenters. The third-order valence-electron chi connectivity index (χ3n) is 4.86. The smallest absolute Gasteiger partial charge is 0.0362 e. The first kappa shape index (κ1) is 12.9. The van der Waals surface area contributed by atoms with Crippen LogP contribution in [0, 0.1) is 0 Å². The summed E-state index contributed by atoms with van der Waals surface area (Å²) in [6.07, 6.45) is 3.79. The molecule has 3 nitrogen and oxygen atoms in total. The Morgan fingerprint density at radius 3 is 2.74 bits per heavy atom. The van der Waals surface area contributed by atoms with Crippen molar-refractivity contribution < 1.29 is 0 Å². The second kappa shape index (κ2) is 5.51. The van der Waals surface area contributed by atoms with E-state index in [1.165, 1.54) is 50.1 Å². The molecule has 19 heavy (non-hydrogen) atoms. The third kappa shape index (κ3) is 2.63. The van der Waals surface area contributed by atoms with Crippen molar-refractivity contribution >= 4 is 5.69 Å². The van der Waals surface area contributed by atoms with Gasteiger partial charge in [0, 0.05) is 24.8 Å². The summed E-state index contributed by atoms with van der Waals surface area (Å²) in [5.74, 6) is 0. The van der Waals surface area contributed by atoms with Gasteiger partial charge in [0.05, 0.1) is 0 Å². The Morgan fingerprint density at radius 1 is 1.21 bits per heavy atom. The number of hydrogen-bond donors (Lipinski definition) is 1. The van der Waals surface area contributed by atoms with Crippen molar-refractivity contribution in [1.82, 2.24) is 9.80 Å². The van der Waals surface area contributed by atoms with E-state index in [1.54, 1.807) is 0 Å². The molecule has 104 valence electrons. The van der Waals surface area contributed by atoms with Crippen molar-refractivity contribution in [3.05, 3.63) is 29.3 Å². The predicted octanol–water partition coefficient (Wildman–Crippen LogP) is 2.11. The first-order valence-electron chi connectivity index (χ1n) is 7.60. The molecule has 0 saturated carbocycles. The zero-order valence-corrected chi connectivity index (χ0v) is 11.9. The molecule has 3 rings (SSSR count). The molecule has 2 heterocycles. The van der Waals surface area contributed by atoms with Gasteiger partial charge in [0.1, 0.15) is 0 Å². The molecule has 0 bridgehead atoms. The van der Waals surface area contributed by atoms with Crippen molar-refractivity contribution in [2.24, 2.45) is 0 Å². The lowest BCUT2D eigenvalue weighted by Gasteiger charge is -2.40. The fraction of sp³-hybridized carbons (Fsp3) is 0.625. The monoisotopic (exact) mass is 259 g/mol. The zero-order chi connectivity index (χ0) is 13.2. The Balaban J connectivity index is 1.67. The molecule has 0 radical (unpaired) electrons. The van der Waals surface area contributed by atoms with Crippen LogP contribution in [-0.2, 0) is 13.0 Å². The molecule has 2 N–H and O–H groups in total. The summed E-state index contributed by atoms with van der Waals surface area (Å²) in [4.78, 5) is 5.22. The van der Waals surface area contributed by atoms with Crippen molar-refractivity contribution in [3.8, 4) is 0 Å². The molecule has 1 aromatic rings. The lowest BCUT2D eigenvalue weighted by atomic mass is 9.94. The predicted molar refractivity (Wildman–Crippen MR) is 80.1 cm³/mol. The summed E-state index contributed by atoms with van der Waals surface area (Å²) in [5, 5.41) is 0. The average Bonchev–Trinajstić information content (AvgIpc) is 2.47. The first-order valence-corrected chi connectivity index (χ1v) is 7.60. The van der Waals surface area contributed by atoms with Gasteiger partial charge in [-0.05, 0) is 56.1 Å². The van der Waals surface area contributed by atoms with Crippen LogP contribution in [0.1, 0.15) is 30.9 Å². The number of piperidine rings is 1. The van der Waals surface area contributed by atoms with Gasteiger partial charge < -0.3 is 10.6 Å². The third-order valence-corrected chi connectivity index (χ3v) is 4.86. The van der Waals surface area contributed by atoms with E-state index < -0.39 is 0 Å². The van der Waals surface area contributed by atoms with Gasteiger partial charge in [-0.1, -0.05) is 19.1 Å². The van der Waals surface area contributed by atoms with Gasteiger partial charge >= 0.3 is 0 Å². The van der Waals surface area contributed by atoms with E-state index in [4.69, 9.17) is 5.73 Å². The summed E-state index contributed by atoms with van der Waals surface area (Å²) in [7, 11) is 0. The number of hydrogen-bond acceptors (Lipinski definition) is 3. The lowest BCUT2D eigenvalue weighted by Crippen LogP contribution is -2.46. The van der Waals surface area contributed by atoms with Crippen molar-refractivity contribution in [3.63, 3.8) is 0 Å². The highest BCUT2D eigenvalue weighted by atomic mass is 15.2. The zero-order valence-electron chi connectivity index (χ0n) is 11.9. The van der Waals surface area contributed by atoms with Crippen molar-refractivity contribution in [1.29, 1.82) is 0 Å². The number of likely N-dealkylation sites (tertiary alicyclic amines) is 1. The van der Waals surface area contributed by atoms with Crippen molar-refractivity contribution in [2.75, 3.05) is 31.9 Å². The van der Waals surface area contributed by atoms with E-state index in [9.17, 15) is 0 Å². The Bertz CT molecular complexity index is 436. The second-order valence-corrected chi connectivity index (χ2v) is 5.87. The maximum atomic E-state index is 6.14. The van der Waals surface area contributed by atoms with Crippen LogP contribution < -0.4 is 5.73 Å². The van der Waals surface area contributed by atoms with E-state index >= 15 is 0 Å². The molecule has 0 amide bonds. The maximum absolute atomic E-state index is 6.14. The fourth-order valence-electron chi connectivity index (χ4n) is 3.54. The van der Waals surface area contributed by atoms with Gasteiger partial charge in [-0.25, -0.2) is 0 Å². The minimum Gasteiger partial charge on any atom is -0.398 e. The Morgan fingerprint density at radius 2 is 2.00 bits per heavy atom. The highest BCUT2D eigenvalue weighted by Crippen LogP contribution is 2.28. The van der Waals surface area contributed by atoms with Crippen LogP contribution in [-0.4, -0.2) is 42.0 Å². The van der Waals surface area contributed by atoms with Crippen LogP contribution in [0.3, 0.4) is 0 Å². The summed E-state index contributed by atoms with van der Waals surface area (Å²) in [5.41, 5.74) is 9.96. The second-order valence-electron chi connectivity index (χ2n) is 5.87. The average molecular weight is 259 g/mol. The van der Waals surface area contributed by atoms with Gasteiger partial charge in [0.2, 0.25) is 0 Å². The molecule has 1 saturated heterocycles. The van der Waals surface area contributed by atoms with E-state index in [-0.39, 0.29) is 0 Å². The normalized spacial score (nSPS) is 22.4. The molecule has 2 aliphatic heterocycles. The van der Waals surface area contributed by atoms with E-state index in [2.05, 4.69) is 28.9 Å². The quantitative estimate of drug-likeness (QED) is 0.826. The molecular formula is C16H25N3. The molecule has 3 heteroatoms. The van der Waals surface area contributed by atoms with Crippen LogP contribution in [0.5, 0.6) is 0 Å². The SMILES string of the molecule is CCN1CCC(N2CCc3cccc(N)c3C2)CC1.